The third-order valence-corrected chi connectivity index (χ3v) is 12.6. The molecule has 12 nitrogen and oxygen atoms in total. The molecule has 0 aliphatic carbocycles. The molecule has 2 heterocycles. The van der Waals surface area contributed by atoms with Gasteiger partial charge in [-0.1, -0.05) is 54.9 Å². The third kappa shape index (κ3) is 12.4. The molecule has 0 bridgehead atoms. The Morgan fingerprint density at radius 1 is 0.818 bits per heavy atom. The number of aromatic nitrogens is 2. The lowest BCUT2D eigenvalue weighted by molar-refractivity contribution is 0.0987. The van der Waals surface area contributed by atoms with Crippen molar-refractivity contribution in [3.8, 4) is 11.5 Å². The zero-order valence-electron chi connectivity index (χ0n) is 37.8. The second-order valence-electron chi connectivity index (χ2n) is 16.4. The topological polar surface area (TPSA) is 172 Å². The molecule has 13 heteroatoms. The van der Waals surface area contributed by atoms with E-state index in [9.17, 15) is 19.5 Å². The normalized spacial score (nSPS) is 11.3. The number of primary amides is 1. The van der Waals surface area contributed by atoms with Crippen LogP contribution in [0.5, 0.6) is 11.5 Å². The van der Waals surface area contributed by atoms with Crippen LogP contribution in [-0.4, -0.2) is 67.3 Å². The van der Waals surface area contributed by atoms with E-state index in [1.165, 1.54) is 29.6 Å². The van der Waals surface area contributed by atoms with Gasteiger partial charge in [0.25, 0.3) is 11.8 Å². The van der Waals surface area contributed by atoms with Crippen LogP contribution in [0, 0.1) is 6.92 Å². The third-order valence-electron chi connectivity index (χ3n) is 11.6. The lowest BCUT2D eigenvalue weighted by Crippen LogP contribution is -2.26. The van der Waals surface area contributed by atoms with E-state index in [2.05, 4.69) is 38.8 Å². The number of phenols is 1. The molecule has 342 valence electrons. The zero-order valence-corrected chi connectivity index (χ0v) is 38.6. The first-order chi connectivity index (χ1) is 32.1. The molecule has 0 spiro atoms. The molecule has 0 aliphatic rings. The maximum absolute atomic E-state index is 13.7. The maximum atomic E-state index is 13.7. The number of amides is 2. The molecule has 0 aliphatic heterocycles. The van der Waals surface area contributed by atoms with Crippen LogP contribution in [-0.2, 0) is 17.6 Å². The van der Waals surface area contributed by atoms with E-state index >= 15 is 0 Å². The van der Waals surface area contributed by atoms with Gasteiger partial charge in [0.15, 0.2) is 0 Å². The minimum atomic E-state index is -0.589. The number of aromatic amines is 1. The first kappa shape index (κ1) is 47.3. The highest BCUT2D eigenvalue weighted by Gasteiger charge is 2.18. The number of H-pyrrole nitrogens is 1. The molecule has 0 radical (unpaired) electrons. The number of nitrogens with one attached hydrogen (secondary N) is 3. The Labute approximate surface area is 389 Å². The van der Waals surface area contributed by atoms with Crippen LogP contribution < -0.4 is 31.6 Å². The number of methoxy groups -OCH3 is 1. The Morgan fingerprint density at radius 2 is 1.61 bits per heavy atom. The number of aryl methyl sites for hydroxylation is 2. The number of carbonyl (C=O) groups is 2. The Bertz CT molecular complexity index is 2850. The van der Waals surface area contributed by atoms with Crippen LogP contribution >= 0.6 is 11.8 Å². The van der Waals surface area contributed by atoms with Crippen LogP contribution in [0.2, 0.25) is 0 Å². The number of benzene rings is 5. The standard InChI is InChI=1S/C53H58N6O6S/c1-35-30-43(33-45-49(35)56-34-46(52(54)62)50(45)57-39-14-11-15-41(32-39)64-3)66-42-16-10-13-38(31-42)53(63)59(2)40-20-17-36(18-21-40)12-6-9-29-65-28-8-5-4-7-26-55-27-25-37-19-23-47(60)51-44(37)22-24-48(61)58-51/h10-11,13-24,30-34,55,60H,4-9,12,25-29H2,1-3H3,(H2,54,62)(H,56,57)(H,58,61). The Balaban J connectivity index is 0.816. The number of hydrogen-bond donors (Lipinski definition) is 5. The van der Waals surface area contributed by atoms with Crippen molar-refractivity contribution in [3.63, 3.8) is 0 Å². The molecule has 2 aromatic heterocycles. The van der Waals surface area contributed by atoms with Crippen LogP contribution in [0.15, 0.2) is 130 Å². The maximum Gasteiger partial charge on any atom is 0.258 e. The molecule has 0 fully saturated rings. The lowest BCUT2D eigenvalue weighted by Gasteiger charge is -2.18. The summed E-state index contributed by atoms with van der Waals surface area (Å²) in [4.78, 5) is 48.8. The summed E-state index contributed by atoms with van der Waals surface area (Å²) in [6.07, 6.45) is 9.77. The fourth-order valence-corrected chi connectivity index (χ4v) is 9.02. The number of anilines is 3. The monoisotopic (exact) mass is 906 g/mol. The number of phenolic OH excluding ortho intramolecular Hbond substituents is 1. The largest absolute Gasteiger partial charge is 0.506 e. The summed E-state index contributed by atoms with van der Waals surface area (Å²) in [5, 5.41) is 18.6. The highest BCUT2D eigenvalue weighted by molar-refractivity contribution is 7.99. The molecule has 5 aromatic carbocycles. The highest BCUT2D eigenvalue weighted by atomic mass is 32.2. The van der Waals surface area contributed by atoms with E-state index in [0.717, 1.165) is 126 Å². The van der Waals surface area contributed by atoms with Crippen molar-refractivity contribution in [2.24, 2.45) is 5.73 Å². The highest BCUT2D eigenvalue weighted by Crippen LogP contribution is 2.37. The number of carbonyl (C=O) groups excluding carboxylic acids is 2. The lowest BCUT2D eigenvalue weighted by atomic mass is 10.0. The van der Waals surface area contributed by atoms with Crippen molar-refractivity contribution in [1.29, 1.82) is 0 Å². The van der Waals surface area contributed by atoms with Gasteiger partial charge in [-0.25, -0.2) is 0 Å². The molecule has 0 atom stereocenters. The van der Waals surface area contributed by atoms with Crippen molar-refractivity contribution in [3.05, 3.63) is 154 Å². The average molecular weight is 907 g/mol. The molecule has 2 amide bonds. The summed E-state index contributed by atoms with van der Waals surface area (Å²) in [6.45, 7) is 5.31. The molecule has 7 aromatic rings. The molecular formula is C53H58N6O6S. The molecule has 0 saturated carbocycles. The minimum absolute atomic E-state index is 0.0929. The van der Waals surface area contributed by atoms with Gasteiger partial charge in [-0.3, -0.25) is 19.4 Å². The van der Waals surface area contributed by atoms with Crippen LogP contribution in [0.4, 0.5) is 17.1 Å². The van der Waals surface area contributed by atoms with Gasteiger partial charge in [0.05, 0.1) is 29.4 Å². The summed E-state index contributed by atoms with van der Waals surface area (Å²) in [5.74, 6) is 0.0738. The van der Waals surface area contributed by atoms with E-state index in [1.54, 1.807) is 31.2 Å². The van der Waals surface area contributed by atoms with Gasteiger partial charge in [0.2, 0.25) is 5.56 Å². The quantitative estimate of drug-likeness (QED) is 0.0389. The predicted molar refractivity (Wildman–Crippen MR) is 266 cm³/mol. The minimum Gasteiger partial charge on any atom is -0.506 e. The Kier molecular flexibility index (Phi) is 16.5. The smallest absolute Gasteiger partial charge is 0.258 e. The van der Waals surface area contributed by atoms with Gasteiger partial charge in [0, 0.05) is 76.1 Å². The summed E-state index contributed by atoms with van der Waals surface area (Å²) in [5.41, 5.74) is 13.1. The SMILES string of the molecule is COc1cccc(Nc2c(C(N)=O)cnc3c(C)cc(Sc4cccc(C(=O)N(C)c5ccc(CCCCOCCCCCCNCCc6ccc(O)c7[nH]c(=O)ccc67)cc5)c4)cc23)c1. The average Bonchev–Trinajstić information content (AvgIpc) is 3.32. The van der Waals surface area contributed by atoms with Gasteiger partial charge in [-0.05, 0) is 142 Å². The number of rotatable bonds is 23. The number of ether oxygens (including phenoxy) is 2. The predicted octanol–water partition coefficient (Wildman–Crippen LogP) is 10.1. The van der Waals surface area contributed by atoms with E-state index in [-0.39, 0.29) is 22.8 Å². The van der Waals surface area contributed by atoms with E-state index in [0.29, 0.717) is 22.5 Å². The fraction of sp³-hybridized carbons (Fsp3) is 0.283. The number of nitrogens with zero attached hydrogens (tertiary/aromatic N) is 2. The van der Waals surface area contributed by atoms with Crippen LogP contribution in [0.3, 0.4) is 0 Å². The van der Waals surface area contributed by atoms with Gasteiger partial charge in [-0.2, -0.15) is 0 Å². The van der Waals surface area contributed by atoms with Crippen molar-refractivity contribution in [2.45, 2.75) is 68.1 Å². The number of nitrogens with two attached hydrogens (primary N) is 1. The van der Waals surface area contributed by atoms with Crippen molar-refractivity contribution >= 4 is 62.4 Å². The molecule has 0 saturated heterocycles. The number of aromatic hydroxyl groups is 1. The molecule has 6 N–H and O–H groups in total. The van der Waals surface area contributed by atoms with Gasteiger partial charge in [-0.15, -0.1) is 0 Å². The first-order valence-electron chi connectivity index (χ1n) is 22.5. The summed E-state index contributed by atoms with van der Waals surface area (Å²) < 4.78 is 11.3. The Hall–Kier alpha value is -6.67. The van der Waals surface area contributed by atoms with Crippen molar-refractivity contribution in [1.82, 2.24) is 15.3 Å². The fourth-order valence-electron chi connectivity index (χ4n) is 8.00. The van der Waals surface area contributed by atoms with Gasteiger partial charge >= 0.3 is 0 Å². The van der Waals surface area contributed by atoms with Crippen LogP contribution in [0.1, 0.15) is 75.9 Å². The number of pyridine rings is 2. The molecular weight excluding hydrogens is 849 g/mol. The van der Waals surface area contributed by atoms with Crippen LogP contribution in [0.25, 0.3) is 21.8 Å². The van der Waals surface area contributed by atoms with Crippen molar-refractivity contribution in [2.75, 3.05) is 50.7 Å². The molecule has 66 heavy (non-hydrogen) atoms. The number of fused-ring (bicyclic) bond motifs is 2. The Morgan fingerprint density at radius 3 is 2.41 bits per heavy atom. The number of unbranched alkanes of at least 4 members (excludes halogenated alkanes) is 4. The van der Waals surface area contributed by atoms with Gasteiger partial charge in [0.1, 0.15) is 11.5 Å². The van der Waals surface area contributed by atoms with E-state index in [4.69, 9.17) is 15.2 Å². The first-order valence-corrected chi connectivity index (χ1v) is 23.3. The second kappa shape index (κ2) is 23.0. The summed E-state index contributed by atoms with van der Waals surface area (Å²) >= 11 is 1.53. The summed E-state index contributed by atoms with van der Waals surface area (Å²) in [6, 6.07) is 34.1. The van der Waals surface area contributed by atoms with E-state index < -0.39 is 5.91 Å². The van der Waals surface area contributed by atoms with Crippen molar-refractivity contribution < 1.29 is 24.2 Å². The second-order valence-corrected chi connectivity index (χ2v) is 17.6. The zero-order chi connectivity index (χ0) is 46.4. The van der Waals surface area contributed by atoms with E-state index in [1.807, 2.05) is 79.7 Å². The van der Waals surface area contributed by atoms with Gasteiger partial charge < -0.3 is 40.8 Å². The molecule has 7 rings (SSSR count). The number of hydrogen-bond acceptors (Lipinski definition) is 10. The summed E-state index contributed by atoms with van der Waals surface area (Å²) in [7, 11) is 3.40. The molecule has 0 unspecified atom stereocenters.